The summed E-state index contributed by atoms with van der Waals surface area (Å²) in [7, 11) is 0. The summed E-state index contributed by atoms with van der Waals surface area (Å²) in [4.78, 5) is 50.4. The molecule has 0 spiro atoms. The molecule has 13 nitrogen and oxygen atoms in total. The minimum Gasteiger partial charge on any atom is -0.453 e. The highest BCUT2D eigenvalue weighted by atomic mass is 16.6. The molecular formula is C42H51N7O6. The number of benzene rings is 2. The monoisotopic (exact) mass is 749 g/mol. The second-order valence-corrected chi connectivity index (χ2v) is 16.3. The zero-order valence-electron chi connectivity index (χ0n) is 32.0. The average Bonchev–Trinajstić information content (AvgIpc) is 3.95. The van der Waals surface area contributed by atoms with Crippen LogP contribution < -0.4 is 15.4 Å². The number of aromatic nitrogens is 2. The summed E-state index contributed by atoms with van der Waals surface area (Å²) in [6.07, 6.45) is 8.93. The summed E-state index contributed by atoms with van der Waals surface area (Å²) in [5.41, 5.74) is 2.84. The summed E-state index contributed by atoms with van der Waals surface area (Å²) >= 11 is 0. The molecule has 3 aliphatic heterocycles. The normalized spacial score (nSPS) is 17.8. The van der Waals surface area contributed by atoms with E-state index in [1.807, 2.05) is 43.9 Å². The van der Waals surface area contributed by atoms with E-state index in [1.165, 1.54) is 25.7 Å². The number of aromatic amines is 1. The number of ether oxygens (including phenoxy) is 1. The van der Waals surface area contributed by atoms with Gasteiger partial charge in [-0.05, 0) is 107 Å². The molecule has 0 radical (unpaired) electrons. The fourth-order valence-corrected chi connectivity index (χ4v) is 8.15. The molecule has 55 heavy (non-hydrogen) atoms. The van der Waals surface area contributed by atoms with Gasteiger partial charge in [-0.15, -0.1) is 0 Å². The van der Waals surface area contributed by atoms with E-state index in [4.69, 9.17) is 13.7 Å². The highest BCUT2D eigenvalue weighted by Gasteiger charge is 2.30. The number of hydrogen-bond acceptors (Lipinski definition) is 9. The fourth-order valence-electron chi connectivity index (χ4n) is 8.15. The van der Waals surface area contributed by atoms with Crippen LogP contribution in [0.3, 0.4) is 0 Å². The number of nitrogens with one attached hydrogen (secondary N) is 3. The fraction of sp³-hybridized carbons (Fsp3) is 0.476. The standard InChI is InChI=1S/C42H51N7O6/c1-42(2,3)37-25-38(46-55-37)45-40(51)43-28-10-12-34-27(22-28)23-36(53-34)39(50)33-24-30-31(26-47-16-6-4-7-17-47)35(13-11-32(30)44-33)54-41(52)49-20-14-29(15-21-49)48-18-8-5-9-19-48/h10-13,22-25,29,44H,4-9,14-21,26H2,1-3H3,(H2,43,45,46,51). The van der Waals surface area contributed by atoms with Gasteiger partial charge in [0.15, 0.2) is 11.6 Å². The van der Waals surface area contributed by atoms with Crippen molar-refractivity contribution in [3.63, 3.8) is 0 Å². The zero-order valence-corrected chi connectivity index (χ0v) is 32.0. The molecule has 3 saturated heterocycles. The van der Waals surface area contributed by atoms with Crippen LogP contribution in [0.4, 0.5) is 21.1 Å². The number of furan rings is 1. The molecule has 3 fully saturated rings. The molecular weight excluding hydrogens is 699 g/mol. The predicted molar refractivity (Wildman–Crippen MR) is 211 cm³/mol. The summed E-state index contributed by atoms with van der Waals surface area (Å²) in [6.45, 7) is 12.3. The van der Waals surface area contributed by atoms with E-state index in [-0.39, 0.29) is 23.1 Å². The third-order valence-corrected chi connectivity index (χ3v) is 11.3. The van der Waals surface area contributed by atoms with Crippen LogP contribution in [-0.2, 0) is 12.0 Å². The zero-order chi connectivity index (χ0) is 38.1. The maximum absolute atomic E-state index is 13.9. The summed E-state index contributed by atoms with van der Waals surface area (Å²) in [5, 5.41) is 10.9. The number of likely N-dealkylation sites (tertiary alicyclic amines) is 3. The van der Waals surface area contributed by atoms with Gasteiger partial charge in [0, 0.05) is 64.7 Å². The predicted octanol–water partition coefficient (Wildman–Crippen LogP) is 8.51. The van der Waals surface area contributed by atoms with E-state index in [9.17, 15) is 14.4 Å². The van der Waals surface area contributed by atoms with Gasteiger partial charge in [0.2, 0.25) is 5.78 Å². The average molecular weight is 750 g/mol. The second-order valence-electron chi connectivity index (χ2n) is 16.3. The molecule has 3 N–H and O–H groups in total. The van der Waals surface area contributed by atoms with Crippen molar-refractivity contribution in [3.05, 3.63) is 71.3 Å². The van der Waals surface area contributed by atoms with Crippen molar-refractivity contribution in [1.82, 2.24) is 24.8 Å². The molecule has 6 heterocycles. The number of urea groups is 1. The lowest BCUT2D eigenvalue weighted by Gasteiger charge is -2.39. The van der Waals surface area contributed by atoms with Gasteiger partial charge in [-0.1, -0.05) is 38.8 Å². The summed E-state index contributed by atoms with van der Waals surface area (Å²) in [5.74, 6) is 1.36. The SMILES string of the molecule is CC(C)(C)c1cc(NC(=O)Nc2ccc3oc(C(=O)c4cc5c(CN6CCCCC6)c(OC(=O)N6CCC(N7CCCCC7)CC6)ccc5[nH]4)cc3c2)no1. The number of carbonyl (C=O) groups excluding carboxylic acids is 3. The van der Waals surface area contributed by atoms with Crippen LogP contribution in [0.15, 0.2) is 57.5 Å². The van der Waals surface area contributed by atoms with Crippen molar-refractivity contribution < 1.29 is 28.1 Å². The van der Waals surface area contributed by atoms with Gasteiger partial charge >= 0.3 is 12.1 Å². The van der Waals surface area contributed by atoms with Crippen molar-refractivity contribution in [2.75, 3.05) is 49.9 Å². The molecule has 0 saturated carbocycles. The molecule has 0 atom stereocenters. The number of H-pyrrole nitrogens is 1. The Morgan fingerprint density at radius 2 is 1.62 bits per heavy atom. The Morgan fingerprint density at radius 3 is 2.35 bits per heavy atom. The lowest BCUT2D eigenvalue weighted by atomic mass is 9.93. The van der Waals surface area contributed by atoms with Crippen LogP contribution in [0.1, 0.15) is 99.7 Å². The molecule has 0 unspecified atom stereocenters. The van der Waals surface area contributed by atoms with Gasteiger partial charge in [0.1, 0.15) is 17.1 Å². The molecule has 0 aliphatic carbocycles. The minimum atomic E-state index is -0.478. The quantitative estimate of drug-likeness (QED) is 0.133. The Bertz CT molecular complexity index is 2170. The van der Waals surface area contributed by atoms with Crippen molar-refractivity contribution in [3.8, 4) is 5.75 Å². The smallest absolute Gasteiger partial charge is 0.415 e. The van der Waals surface area contributed by atoms with Crippen LogP contribution in [0.5, 0.6) is 5.75 Å². The van der Waals surface area contributed by atoms with E-state index in [0.717, 1.165) is 68.3 Å². The number of anilines is 2. The molecule has 290 valence electrons. The van der Waals surface area contributed by atoms with Crippen LogP contribution in [0, 0.1) is 0 Å². The number of ketones is 1. The number of hydrogen-bond donors (Lipinski definition) is 3. The number of amides is 3. The molecule has 0 bridgehead atoms. The first-order valence-corrected chi connectivity index (χ1v) is 19.8. The number of piperidine rings is 3. The topological polar surface area (TPSA) is 149 Å². The van der Waals surface area contributed by atoms with Crippen molar-refractivity contribution in [2.24, 2.45) is 0 Å². The van der Waals surface area contributed by atoms with Crippen molar-refractivity contribution in [2.45, 2.75) is 90.1 Å². The third kappa shape index (κ3) is 8.28. The molecule has 8 rings (SSSR count). The van der Waals surface area contributed by atoms with E-state index in [0.29, 0.717) is 65.4 Å². The Kier molecular flexibility index (Phi) is 10.4. The van der Waals surface area contributed by atoms with Gasteiger partial charge < -0.3 is 33.8 Å². The third-order valence-electron chi connectivity index (χ3n) is 11.3. The Balaban J connectivity index is 0.981. The first-order valence-electron chi connectivity index (χ1n) is 19.8. The van der Waals surface area contributed by atoms with Crippen LogP contribution in [-0.4, -0.2) is 88.1 Å². The number of nitrogens with zero attached hydrogens (tertiary/aromatic N) is 4. The molecule has 3 aliphatic rings. The van der Waals surface area contributed by atoms with Gasteiger partial charge in [-0.3, -0.25) is 15.0 Å². The highest BCUT2D eigenvalue weighted by molar-refractivity contribution is 6.11. The van der Waals surface area contributed by atoms with E-state index >= 15 is 0 Å². The number of carbonyl (C=O) groups is 3. The van der Waals surface area contributed by atoms with Gasteiger partial charge in [-0.2, -0.15) is 0 Å². The molecule has 13 heteroatoms. The largest absolute Gasteiger partial charge is 0.453 e. The lowest BCUT2D eigenvalue weighted by Crippen LogP contribution is -2.48. The summed E-state index contributed by atoms with van der Waals surface area (Å²) < 4.78 is 17.5. The second kappa shape index (κ2) is 15.5. The molecule has 3 aromatic heterocycles. The van der Waals surface area contributed by atoms with Gasteiger partial charge in [0.05, 0.1) is 5.69 Å². The van der Waals surface area contributed by atoms with Gasteiger partial charge in [0.25, 0.3) is 0 Å². The molecule has 3 amide bonds. The van der Waals surface area contributed by atoms with E-state index in [2.05, 4.69) is 30.6 Å². The van der Waals surface area contributed by atoms with Crippen LogP contribution in [0.2, 0.25) is 0 Å². The Labute approximate surface area is 320 Å². The van der Waals surface area contributed by atoms with E-state index < -0.39 is 6.03 Å². The maximum atomic E-state index is 13.9. The van der Waals surface area contributed by atoms with Crippen molar-refractivity contribution >= 4 is 51.3 Å². The van der Waals surface area contributed by atoms with Gasteiger partial charge in [-0.25, -0.2) is 9.59 Å². The maximum Gasteiger partial charge on any atom is 0.415 e. The summed E-state index contributed by atoms with van der Waals surface area (Å²) in [6, 6.07) is 14.2. The van der Waals surface area contributed by atoms with E-state index in [1.54, 1.807) is 30.3 Å². The van der Waals surface area contributed by atoms with Crippen LogP contribution >= 0.6 is 0 Å². The highest BCUT2D eigenvalue weighted by Crippen LogP contribution is 2.34. The Hall–Kier alpha value is -5.14. The number of fused-ring (bicyclic) bond motifs is 2. The molecule has 5 aromatic rings. The minimum absolute atomic E-state index is 0.164. The lowest BCUT2D eigenvalue weighted by molar-refractivity contribution is 0.0875. The Morgan fingerprint density at radius 1 is 0.873 bits per heavy atom. The first kappa shape index (κ1) is 36.8. The molecule has 2 aromatic carbocycles. The first-order chi connectivity index (χ1) is 26.6. The van der Waals surface area contributed by atoms with Crippen LogP contribution in [0.25, 0.3) is 21.9 Å². The number of rotatable bonds is 8. The van der Waals surface area contributed by atoms with Crippen molar-refractivity contribution in [1.29, 1.82) is 0 Å².